The van der Waals surface area contributed by atoms with Crippen molar-refractivity contribution in [1.29, 1.82) is 0 Å². The van der Waals surface area contributed by atoms with Gasteiger partial charge >= 0.3 is 0 Å². The molecule has 0 aliphatic heterocycles. The van der Waals surface area contributed by atoms with Crippen LogP contribution >= 0.6 is 0 Å². The molecule has 114 valence electrons. The van der Waals surface area contributed by atoms with Gasteiger partial charge in [-0.2, -0.15) is 0 Å². The number of nitrogens with zero attached hydrogens (tertiary/aromatic N) is 2. The second-order valence-corrected chi connectivity index (χ2v) is 5.49. The van der Waals surface area contributed by atoms with Gasteiger partial charge in [0.1, 0.15) is 0 Å². The summed E-state index contributed by atoms with van der Waals surface area (Å²) >= 11 is 0. The number of carbonyl (C=O) groups is 1. The van der Waals surface area contributed by atoms with Crippen LogP contribution in [0.15, 0.2) is 0 Å². The molecule has 0 heterocycles. The average molecular weight is 270 g/mol. The zero-order valence-corrected chi connectivity index (χ0v) is 13.6. The van der Waals surface area contributed by atoms with Crippen LogP contribution in [0.3, 0.4) is 0 Å². The van der Waals surface area contributed by atoms with Crippen LogP contribution in [0.5, 0.6) is 0 Å². The number of carbonyl (C=O) groups excluding carboxylic acids is 1. The summed E-state index contributed by atoms with van der Waals surface area (Å²) in [4.78, 5) is 16.6. The minimum absolute atomic E-state index is 0.354. The highest BCUT2D eigenvalue weighted by molar-refractivity contribution is 5.76. The van der Waals surface area contributed by atoms with E-state index in [0.29, 0.717) is 12.3 Å². The van der Waals surface area contributed by atoms with Gasteiger partial charge in [-0.25, -0.2) is 0 Å². The van der Waals surface area contributed by atoms with Crippen LogP contribution < -0.4 is 0 Å². The second-order valence-electron chi connectivity index (χ2n) is 5.49. The first-order valence-electron chi connectivity index (χ1n) is 8.11. The van der Waals surface area contributed by atoms with Crippen molar-refractivity contribution in [3.05, 3.63) is 0 Å². The maximum atomic E-state index is 12.2. The predicted molar refractivity (Wildman–Crippen MR) is 83.4 cm³/mol. The van der Waals surface area contributed by atoms with Gasteiger partial charge in [-0.3, -0.25) is 4.79 Å². The van der Waals surface area contributed by atoms with Gasteiger partial charge in [0.05, 0.1) is 0 Å². The Morgan fingerprint density at radius 1 is 0.789 bits per heavy atom. The van der Waals surface area contributed by atoms with E-state index in [9.17, 15) is 4.79 Å². The van der Waals surface area contributed by atoms with Crippen LogP contribution in [-0.4, -0.2) is 48.9 Å². The van der Waals surface area contributed by atoms with Gasteiger partial charge in [-0.15, -0.1) is 0 Å². The minimum atomic E-state index is 0.354. The predicted octanol–water partition coefficient (Wildman–Crippen LogP) is 3.54. The highest BCUT2D eigenvalue weighted by atomic mass is 16.2. The van der Waals surface area contributed by atoms with E-state index < -0.39 is 0 Å². The Morgan fingerprint density at radius 2 is 1.37 bits per heavy atom. The summed E-state index contributed by atoms with van der Waals surface area (Å²) in [6.45, 7) is 10.6. The van der Waals surface area contributed by atoms with Gasteiger partial charge in [0.15, 0.2) is 0 Å². The van der Waals surface area contributed by atoms with Gasteiger partial charge in [-0.1, -0.05) is 33.6 Å². The fourth-order valence-corrected chi connectivity index (χ4v) is 2.21. The molecular weight excluding hydrogens is 236 g/mol. The van der Waals surface area contributed by atoms with Gasteiger partial charge in [-0.05, 0) is 45.8 Å². The van der Waals surface area contributed by atoms with Crippen molar-refractivity contribution < 1.29 is 4.79 Å². The molecule has 3 nitrogen and oxygen atoms in total. The molecule has 0 rings (SSSR count). The Hall–Kier alpha value is -0.570. The summed E-state index contributed by atoms with van der Waals surface area (Å²) < 4.78 is 0. The van der Waals surface area contributed by atoms with E-state index in [1.807, 2.05) is 0 Å². The molecule has 3 heteroatoms. The fourth-order valence-electron chi connectivity index (χ4n) is 2.21. The van der Waals surface area contributed by atoms with Crippen molar-refractivity contribution in [3.63, 3.8) is 0 Å². The van der Waals surface area contributed by atoms with Crippen molar-refractivity contribution in [2.24, 2.45) is 0 Å². The Bertz CT molecular complexity index is 211. The molecule has 0 aliphatic carbocycles. The molecule has 0 fully saturated rings. The first-order chi connectivity index (χ1) is 9.15. The highest BCUT2D eigenvalue weighted by Crippen LogP contribution is 2.04. The first kappa shape index (κ1) is 18.4. The Morgan fingerprint density at radius 3 is 1.84 bits per heavy atom. The third-order valence-corrected chi connectivity index (χ3v) is 3.45. The van der Waals surface area contributed by atoms with Crippen LogP contribution in [0.1, 0.15) is 65.7 Å². The van der Waals surface area contributed by atoms with E-state index in [0.717, 1.165) is 58.3 Å². The Balaban J connectivity index is 3.94. The molecular formula is C16H34N2O. The Labute approximate surface area is 120 Å². The van der Waals surface area contributed by atoms with Gasteiger partial charge in [0.25, 0.3) is 0 Å². The topological polar surface area (TPSA) is 23.6 Å². The van der Waals surface area contributed by atoms with Crippen LogP contribution in [0.25, 0.3) is 0 Å². The highest BCUT2D eigenvalue weighted by Gasteiger charge is 2.12. The van der Waals surface area contributed by atoms with Gasteiger partial charge in [0, 0.05) is 19.5 Å². The lowest BCUT2D eigenvalue weighted by Gasteiger charge is -2.23. The molecule has 0 aromatic carbocycles. The van der Waals surface area contributed by atoms with E-state index in [2.05, 4.69) is 37.6 Å². The summed E-state index contributed by atoms with van der Waals surface area (Å²) in [5.74, 6) is 0.354. The summed E-state index contributed by atoms with van der Waals surface area (Å²) in [5.41, 5.74) is 0. The fraction of sp³-hybridized carbons (Fsp3) is 0.938. The van der Waals surface area contributed by atoms with Crippen molar-refractivity contribution >= 4 is 5.91 Å². The van der Waals surface area contributed by atoms with Crippen LogP contribution in [0, 0.1) is 0 Å². The molecule has 19 heavy (non-hydrogen) atoms. The molecule has 1 amide bonds. The third-order valence-electron chi connectivity index (χ3n) is 3.45. The number of rotatable bonds is 12. The van der Waals surface area contributed by atoms with E-state index in [-0.39, 0.29) is 0 Å². The molecule has 0 aromatic heterocycles. The number of amides is 1. The molecule has 0 bridgehead atoms. The zero-order chi connectivity index (χ0) is 14.5. The molecule has 0 radical (unpaired) electrons. The van der Waals surface area contributed by atoms with Crippen LogP contribution in [0.2, 0.25) is 0 Å². The van der Waals surface area contributed by atoms with E-state index in [1.165, 1.54) is 6.42 Å². The molecule has 0 spiro atoms. The maximum absolute atomic E-state index is 12.2. The number of hydrogen-bond acceptors (Lipinski definition) is 2. The quantitative estimate of drug-likeness (QED) is 0.541. The van der Waals surface area contributed by atoms with E-state index in [4.69, 9.17) is 0 Å². The second kappa shape index (κ2) is 12.5. The van der Waals surface area contributed by atoms with Gasteiger partial charge in [0.2, 0.25) is 5.91 Å². The third kappa shape index (κ3) is 9.94. The molecule has 0 aromatic rings. The lowest BCUT2D eigenvalue weighted by molar-refractivity contribution is -0.131. The van der Waals surface area contributed by atoms with Crippen molar-refractivity contribution in [2.45, 2.75) is 65.7 Å². The molecule has 0 saturated carbocycles. The summed E-state index contributed by atoms with van der Waals surface area (Å²) in [5, 5.41) is 0. The lowest BCUT2D eigenvalue weighted by Crippen LogP contribution is -2.33. The first-order valence-corrected chi connectivity index (χ1v) is 8.11. The van der Waals surface area contributed by atoms with Crippen LogP contribution in [-0.2, 0) is 4.79 Å². The van der Waals surface area contributed by atoms with Crippen LogP contribution in [0.4, 0.5) is 0 Å². The van der Waals surface area contributed by atoms with Crippen molar-refractivity contribution in [1.82, 2.24) is 9.80 Å². The summed E-state index contributed by atoms with van der Waals surface area (Å²) in [7, 11) is 2.14. The average Bonchev–Trinajstić information content (AvgIpc) is 2.39. The molecule has 0 aliphatic rings. The summed E-state index contributed by atoms with van der Waals surface area (Å²) in [6.07, 6.45) is 7.47. The van der Waals surface area contributed by atoms with Crippen molar-refractivity contribution in [3.8, 4) is 0 Å². The minimum Gasteiger partial charge on any atom is -0.343 e. The monoisotopic (exact) mass is 270 g/mol. The molecule has 0 atom stereocenters. The molecule has 0 unspecified atom stereocenters. The Kier molecular flexibility index (Phi) is 12.1. The van der Waals surface area contributed by atoms with E-state index >= 15 is 0 Å². The van der Waals surface area contributed by atoms with E-state index in [1.54, 1.807) is 0 Å². The normalized spacial score (nSPS) is 11.0. The summed E-state index contributed by atoms with van der Waals surface area (Å²) in [6, 6.07) is 0. The zero-order valence-electron chi connectivity index (χ0n) is 13.6. The number of unbranched alkanes of at least 4 members (excludes halogenated alkanes) is 2. The van der Waals surface area contributed by atoms with Gasteiger partial charge < -0.3 is 9.80 Å². The standard InChI is InChI=1S/C16H34N2O/c1-5-8-14-18(15-9-6-2)16(19)11-10-13-17(4)12-7-3/h5-15H2,1-4H3. The maximum Gasteiger partial charge on any atom is 0.222 e. The smallest absolute Gasteiger partial charge is 0.222 e. The lowest BCUT2D eigenvalue weighted by atomic mass is 10.2. The molecule has 0 saturated heterocycles. The largest absolute Gasteiger partial charge is 0.343 e. The number of hydrogen-bond donors (Lipinski definition) is 0. The molecule has 0 N–H and O–H groups in total. The SMILES string of the molecule is CCCCN(CCCC)C(=O)CCCN(C)CCC. The van der Waals surface area contributed by atoms with Crippen molar-refractivity contribution in [2.75, 3.05) is 33.2 Å².